The third-order valence-electron chi connectivity index (χ3n) is 3.86. The number of aromatic amines is 1. The van der Waals surface area contributed by atoms with Crippen molar-refractivity contribution in [3.05, 3.63) is 60.0 Å². The number of H-pyrrole nitrogens is 1. The first kappa shape index (κ1) is 20.1. The zero-order valence-corrected chi connectivity index (χ0v) is 16.2. The van der Waals surface area contributed by atoms with Gasteiger partial charge in [0.2, 0.25) is 0 Å². The van der Waals surface area contributed by atoms with Crippen molar-refractivity contribution >= 4 is 27.3 Å². The minimum absolute atomic E-state index is 0.132. The van der Waals surface area contributed by atoms with E-state index in [1.165, 1.54) is 32.4 Å². The summed E-state index contributed by atoms with van der Waals surface area (Å²) in [5.74, 6) is -0.348. The first-order chi connectivity index (χ1) is 13.8. The van der Waals surface area contributed by atoms with Gasteiger partial charge in [-0.1, -0.05) is 0 Å². The first-order valence-corrected chi connectivity index (χ1v) is 9.67. The molecule has 0 bridgehead atoms. The fraction of sp³-hybridized carbons (Fsp3) is 0.111. The highest BCUT2D eigenvalue weighted by molar-refractivity contribution is 7.92. The number of ether oxygens (including phenoxy) is 2. The molecule has 0 saturated heterocycles. The van der Waals surface area contributed by atoms with E-state index in [2.05, 4.69) is 20.2 Å². The Morgan fingerprint density at radius 2 is 1.69 bits per heavy atom. The number of benzene rings is 2. The van der Waals surface area contributed by atoms with E-state index in [9.17, 15) is 17.6 Å². The number of anilines is 2. The van der Waals surface area contributed by atoms with E-state index in [-0.39, 0.29) is 11.3 Å². The van der Waals surface area contributed by atoms with Crippen LogP contribution in [0.2, 0.25) is 0 Å². The van der Waals surface area contributed by atoms with Crippen LogP contribution in [0.15, 0.2) is 53.7 Å². The molecule has 0 aliphatic heterocycles. The molecule has 0 radical (unpaired) electrons. The zero-order valence-electron chi connectivity index (χ0n) is 15.4. The van der Waals surface area contributed by atoms with Crippen LogP contribution in [0.3, 0.4) is 0 Å². The van der Waals surface area contributed by atoms with E-state index in [4.69, 9.17) is 9.47 Å². The number of carbonyl (C=O) groups excluding carboxylic acids is 1. The van der Waals surface area contributed by atoms with Crippen molar-refractivity contribution in [3.63, 3.8) is 0 Å². The van der Waals surface area contributed by atoms with Gasteiger partial charge in [-0.25, -0.2) is 4.39 Å². The molecule has 152 valence electrons. The van der Waals surface area contributed by atoms with Gasteiger partial charge in [-0.3, -0.25) is 14.6 Å². The number of amides is 1. The third-order valence-corrected chi connectivity index (χ3v) is 5.21. The Morgan fingerprint density at radius 3 is 2.34 bits per heavy atom. The lowest BCUT2D eigenvalue weighted by Crippen LogP contribution is -2.19. The molecule has 0 atom stereocenters. The Labute approximate surface area is 165 Å². The molecule has 0 unspecified atom stereocenters. The second-order valence-corrected chi connectivity index (χ2v) is 7.37. The van der Waals surface area contributed by atoms with Gasteiger partial charge in [-0.15, -0.1) is 0 Å². The highest BCUT2D eigenvalue weighted by Crippen LogP contribution is 2.30. The molecule has 1 aromatic heterocycles. The molecular formula is C18H17FN4O5S. The largest absolute Gasteiger partial charge is 0.493 e. The van der Waals surface area contributed by atoms with Crippen LogP contribution in [0.4, 0.5) is 15.8 Å². The van der Waals surface area contributed by atoms with Crippen LogP contribution in [0.25, 0.3) is 0 Å². The molecule has 3 rings (SSSR count). The lowest BCUT2D eigenvalue weighted by atomic mass is 10.2. The van der Waals surface area contributed by atoms with Gasteiger partial charge in [0, 0.05) is 17.4 Å². The van der Waals surface area contributed by atoms with Gasteiger partial charge in [-0.05, 0) is 36.4 Å². The van der Waals surface area contributed by atoms with Gasteiger partial charge in [-0.2, -0.15) is 13.5 Å². The standard InChI is InChI=1S/C18H17FN4O5S/c1-27-15-8-7-13(9-16(15)28-2)21-17(24)14-10-20-22-18(14)29(25,26)23-12-5-3-11(19)4-6-12/h3-10,23H,1-2H3,(H,20,22)(H,21,24). The normalized spacial score (nSPS) is 11.0. The highest BCUT2D eigenvalue weighted by atomic mass is 32.2. The number of aromatic nitrogens is 2. The Morgan fingerprint density at radius 1 is 1.03 bits per heavy atom. The molecule has 0 aliphatic carbocycles. The van der Waals surface area contributed by atoms with E-state index in [0.29, 0.717) is 17.2 Å². The summed E-state index contributed by atoms with van der Waals surface area (Å²) in [6.07, 6.45) is 1.09. The topological polar surface area (TPSA) is 122 Å². The summed E-state index contributed by atoms with van der Waals surface area (Å²) >= 11 is 0. The van der Waals surface area contributed by atoms with Crippen molar-refractivity contribution in [1.29, 1.82) is 0 Å². The molecule has 9 nitrogen and oxygen atoms in total. The molecule has 11 heteroatoms. The van der Waals surface area contributed by atoms with E-state index in [1.807, 2.05) is 0 Å². The maximum atomic E-state index is 13.0. The van der Waals surface area contributed by atoms with Crippen molar-refractivity contribution in [1.82, 2.24) is 10.2 Å². The van der Waals surface area contributed by atoms with Gasteiger partial charge in [0.25, 0.3) is 15.9 Å². The SMILES string of the molecule is COc1ccc(NC(=O)c2cn[nH]c2S(=O)(=O)Nc2ccc(F)cc2)cc1OC. The summed E-state index contributed by atoms with van der Waals surface area (Å²) in [4.78, 5) is 12.6. The van der Waals surface area contributed by atoms with Gasteiger partial charge in [0.05, 0.1) is 26.0 Å². The maximum absolute atomic E-state index is 13.0. The quantitative estimate of drug-likeness (QED) is 0.540. The number of halogens is 1. The summed E-state index contributed by atoms with van der Waals surface area (Å²) in [5, 5.41) is 8.11. The van der Waals surface area contributed by atoms with Gasteiger partial charge < -0.3 is 14.8 Å². The summed E-state index contributed by atoms with van der Waals surface area (Å²) < 4.78 is 50.8. The molecule has 29 heavy (non-hydrogen) atoms. The minimum Gasteiger partial charge on any atom is -0.493 e. The Bertz CT molecular complexity index is 1130. The van der Waals surface area contributed by atoms with E-state index < -0.39 is 26.8 Å². The van der Waals surface area contributed by atoms with E-state index in [1.54, 1.807) is 12.1 Å². The van der Waals surface area contributed by atoms with Crippen molar-refractivity contribution in [2.45, 2.75) is 5.03 Å². The van der Waals surface area contributed by atoms with Crippen molar-refractivity contribution in [2.75, 3.05) is 24.3 Å². The van der Waals surface area contributed by atoms with Crippen LogP contribution >= 0.6 is 0 Å². The summed E-state index contributed by atoms with van der Waals surface area (Å²) in [6.45, 7) is 0. The fourth-order valence-corrected chi connectivity index (χ4v) is 3.63. The van der Waals surface area contributed by atoms with Gasteiger partial charge >= 0.3 is 0 Å². The second-order valence-electron chi connectivity index (χ2n) is 5.75. The zero-order chi connectivity index (χ0) is 21.0. The fourth-order valence-electron chi connectivity index (χ4n) is 2.48. The molecule has 3 N–H and O–H groups in total. The predicted octanol–water partition coefficient (Wildman–Crippen LogP) is 2.62. The Balaban J connectivity index is 1.83. The number of sulfonamides is 1. The van der Waals surface area contributed by atoms with E-state index in [0.717, 1.165) is 18.3 Å². The molecule has 2 aromatic carbocycles. The lowest BCUT2D eigenvalue weighted by Gasteiger charge is -2.11. The third kappa shape index (κ3) is 4.46. The molecule has 0 saturated carbocycles. The smallest absolute Gasteiger partial charge is 0.279 e. The minimum atomic E-state index is -4.17. The monoisotopic (exact) mass is 420 g/mol. The first-order valence-electron chi connectivity index (χ1n) is 8.19. The number of nitrogens with zero attached hydrogens (tertiary/aromatic N) is 1. The van der Waals surface area contributed by atoms with Crippen LogP contribution in [0.5, 0.6) is 11.5 Å². The molecule has 0 aliphatic rings. The van der Waals surface area contributed by atoms with Crippen molar-refractivity contribution in [2.24, 2.45) is 0 Å². The van der Waals surface area contributed by atoms with Gasteiger partial charge in [0.15, 0.2) is 16.5 Å². The molecule has 0 spiro atoms. The number of carbonyl (C=O) groups is 1. The average Bonchev–Trinajstić information content (AvgIpc) is 3.20. The number of hydrogen-bond acceptors (Lipinski definition) is 6. The Kier molecular flexibility index (Phi) is 5.69. The lowest BCUT2D eigenvalue weighted by molar-refractivity contribution is 0.102. The van der Waals surface area contributed by atoms with Crippen LogP contribution in [0, 0.1) is 5.82 Å². The number of rotatable bonds is 7. The molecule has 1 amide bonds. The van der Waals surface area contributed by atoms with Crippen LogP contribution in [0.1, 0.15) is 10.4 Å². The molecular weight excluding hydrogens is 403 g/mol. The number of nitrogens with one attached hydrogen (secondary N) is 3. The number of methoxy groups -OCH3 is 2. The molecule has 3 aromatic rings. The average molecular weight is 420 g/mol. The molecule has 1 heterocycles. The van der Waals surface area contributed by atoms with Crippen molar-refractivity contribution < 1.29 is 27.1 Å². The second kappa shape index (κ2) is 8.19. The van der Waals surface area contributed by atoms with Crippen LogP contribution in [-0.2, 0) is 10.0 Å². The van der Waals surface area contributed by atoms with Crippen molar-refractivity contribution in [3.8, 4) is 11.5 Å². The Hall–Kier alpha value is -3.60. The molecule has 0 fully saturated rings. The summed E-state index contributed by atoms with van der Waals surface area (Å²) in [6, 6.07) is 9.42. The predicted molar refractivity (Wildman–Crippen MR) is 103 cm³/mol. The summed E-state index contributed by atoms with van der Waals surface area (Å²) in [7, 11) is -1.24. The van der Waals surface area contributed by atoms with E-state index >= 15 is 0 Å². The maximum Gasteiger partial charge on any atom is 0.279 e. The van der Waals surface area contributed by atoms with Gasteiger partial charge in [0.1, 0.15) is 5.82 Å². The highest BCUT2D eigenvalue weighted by Gasteiger charge is 2.25. The summed E-state index contributed by atoms with van der Waals surface area (Å²) in [5.41, 5.74) is 0.297. The van der Waals surface area contributed by atoms with Crippen LogP contribution in [-0.4, -0.2) is 38.7 Å². The number of hydrogen-bond donors (Lipinski definition) is 3. The van der Waals surface area contributed by atoms with Crippen LogP contribution < -0.4 is 19.5 Å².